The van der Waals surface area contributed by atoms with E-state index in [-0.39, 0.29) is 18.9 Å². The molecule has 0 aromatic heterocycles. The molecule has 1 N–H and O–H groups in total. The molecule has 0 atom stereocenters. The summed E-state index contributed by atoms with van der Waals surface area (Å²) in [5.74, 6) is 1.05. The van der Waals surface area contributed by atoms with Gasteiger partial charge in [-0.05, 0) is 47.9 Å². The predicted octanol–water partition coefficient (Wildman–Crippen LogP) is 3.97. The summed E-state index contributed by atoms with van der Waals surface area (Å²) in [5.41, 5.74) is 0.485. The standard InChI is InChI=1S/C19H20F3NO3/c1-25-16-7-8-17(26-2)14(11-16)6-9-18(24)23-12-13-4-3-5-15(10-13)19(20,21)22/h3-5,7-8,10-11H,6,9,12H2,1-2H3,(H,23,24). The normalized spacial score (nSPS) is 11.1. The summed E-state index contributed by atoms with van der Waals surface area (Å²) in [7, 11) is 3.09. The Balaban J connectivity index is 1.92. The first kappa shape index (κ1) is 19.6. The molecule has 0 saturated heterocycles. The maximum Gasteiger partial charge on any atom is 0.416 e. The average molecular weight is 367 g/mol. The topological polar surface area (TPSA) is 47.6 Å². The van der Waals surface area contributed by atoms with Crippen LogP contribution in [0.3, 0.4) is 0 Å². The average Bonchev–Trinajstić information content (AvgIpc) is 2.64. The Labute approximate surface area is 149 Å². The number of amides is 1. The van der Waals surface area contributed by atoms with Crippen molar-refractivity contribution in [2.45, 2.75) is 25.6 Å². The molecule has 0 unspecified atom stereocenters. The van der Waals surface area contributed by atoms with Crippen LogP contribution in [0.4, 0.5) is 13.2 Å². The Bertz CT molecular complexity index is 760. The van der Waals surface area contributed by atoms with Crippen LogP contribution in [-0.2, 0) is 23.9 Å². The van der Waals surface area contributed by atoms with E-state index in [1.165, 1.54) is 6.07 Å². The molecule has 2 rings (SSSR count). The van der Waals surface area contributed by atoms with E-state index in [0.29, 0.717) is 23.5 Å². The van der Waals surface area contributed by atoms with Gasteiger partial charge >= 0.3 is 6.18 Å². The van der Waals surface area contributed by atoms with E-state index in [4.69, 9.17) is 9.47 Å². The second-order valence-electron chi connectivity index (χ2n) is 5.65. The lowest BCUT2D eigenvalue weighted by Gasteiger charge is -2.11. The van der Waals surface area contributed by atoms with E-state index >= 15 is 0 Å². The van der Waals surface area contributed by atoms with Crippen LogP contribution < -0.4 is 14.8 Å². The lowest BCUT2D eigenvalue weighted by atomic mass is 10.1. The molecule has 26 heavy (non-hydrogen) atoms. The van der Waals surface area contributed by atoms with Gasteiger partial charge in [0.2, 0.25) is 5.91 Å². The number of alkyl halides is 3. The summed E-state index contributed by atoms with van der Waals surface area (Å²) in [6.45, 7) is 0.0397. The molecule has 1 amide bonds. The number of benzene rings is 2. The summed E-state index contributed by atoms with van der Waals surface area (Å²) in [6, 6.07) is 10.2. The molecule has 0 bridgehead atoms. The Morgan fingerprint density at radius 3 is 2.50 bits per heavy atom. The molecule has 140 valence electrons. The number of methoxy groups -OCH3 is 2. The first-order valence-corrected chi connectivity index (χ1v) is 7.97. The maximum absolute atomic E-state index is 12.7. The number of nitrogens with one attached hydrogen (secondary N) is 1. The first-order valence-electron chi connectivity index (χ1n) is 7.97. The molecule has 2 aromatic carbocycles. The number of ether oxygens (including phenoxy) is 2. The molecule has 0 heterocycles. The number of carbonyl (C=O) groups is 1. The molecule has 0 saturated carbocycles. The summed E-state index contributed by atoms with van der Waals surface area (Å²) in [5, 5.41) is 2.64. The van der Waals surface area contributed by atoms with Gasteiger partial charge in [-0.2, -0.15) is 13.2 Å². The van der Waals surface area contributed by atoms with Crippen molar-refractivity contribution in [2.75, 3.05) is 14.2 Å². The highest BCUT2D eigenvalue weighted by Crippen LogP contribution is 2.29. The largest absolute Gasteiger partial charge is 0.497 e. The summed E-state index contributed by atoms with van der Waals surface area (Å²) >= 11 is 0. The SMILES string of the molecule is COc1ccc(OC)c(CCC(=O)NCc2cccc(C(F)(F)F)c2)c1. The molecule has 0 aliphatic carbocycles. The quantitative estimate of drug-likeness (QED) is 0.806. The summed E-state index contributed by atoms with van der Waals surface area (Å²) in [4.78, 5) is 12.0. The highest BCUT2D eigenvalue weighted by Gasteiger charge is 2.30. The van der Waals surface area contributed by atoms with E-state index in [0.717, 1.165) is 17.7 Å². The second kappa shape index (κ2) is 8.60. The Morgan fingerprint density at radius 2 is 1.85 bits per heavy atom. The minimum atomic E-state index is -4.40. The van der Waals surface area contributed by atoms with Crippen molar-refractivity contribution in [2.24, 2.45) is 0 Å². The minimum Gasteiger partial charge on any atom is -0.497 e. The number of halogens is 3. The predicted molar refractivity (Wildman–Crippen MR) is 91.2 cm³/mol. The van der Waals surface area contributed by atoms with Crippen LogP contribution in [0, 0.1) is 0 Å². The molecule has 0 spiro atoms. The minimum absolute atomic E-state index is 0.0397. The van der Waals surface area contributed by atoms with Crippen molar-refractivity contribution in [3.63, 3.8) is 0 Å². The van der Waals surface area contributed by atoms with E-state index in [9.17, 15) is 18.0 Å². The number of carbonyl (C=O) groups excluding carboxylic acids is 1. The van der Waals surface area contributed by atoms with Crippen LogP contribution >= 0.6 is 0 Å². The zero-order valence-corrected chi connectivity index (χ0v) is 14.5. The van der Waals surface area contributed by atoms with Gasteiger partial charge in [0.15, 0.2) is 0 Å². The number of hydrogen-bond acceptors (Lipinski definition) is 3. The van der Waals surface area contributed by atoms with Gasteiger partial charge in [-0.1, -0.05) is 12.1 Å². The molecular weight excluding hydrogens is 347 g/mol. The van der Waals surface area contributed by atoms with Crippen LogP contribution in [0.25, 0.3) is 0 Å². The van der Waals surface area contributed by atoms with Gasteiger partial charge in [-0.3, -0.25) is 4.79 Å². The fourth-order valence-corrected chi connectivity index (χ4v) is 2.47. The van der Waals surface area contributed by atoms with Crippen LogP contribution in [0.2, 0.25) is 0 Å². The van der Waals surface area contributed by atoms with E-state index in [1.54, 1.807) is 38.5 Å². The lowest BCUT2D eigenvalue weighted by molar-refractivity contribution is -0.137. The monoisotopic (exact) mass is 367 g/mol. The third kappa shape index (κ3) is 5.40. The van der Waals surface area contributed by atoms with Gasteiger partial charge in [0.05, 0.1) is 19.8 Å². The Kier molecular flexibility index (Phi) is 6.49. The van der Waals surface area contributed by atoms with E-state index in [2.05, 4.69) is 5.32 Å². The van der Waals surface area contributed by atoms with Crippen molar-refractivity contribution in [1.82, 2.24) is 5.32 Å². The molecule has 0 aliphatic heterocycles. The lowest BCUT2D eigenvalue weighted by Crippen LogP contribution is -2.23. The first-order chi connectivity index (χ1) is 12.3. The van der Waals surface area contributed by atoms with Gasteiger partial charge in [0.25, 0.3) is 0 Å². The number of rotatable bonds is 7. The third-order valence-corrected chi connectivity index (χ3v) is 3.85. The Morgan fingerprint density at radius 1 is 1.08 bits per heavy atom. The van der Waals surface area contributed by atoms with E-state index in [1.807, 2.05) is 0 Å². The van der Waals surface area contributed by atoms with Crippen molar-refractivity contribution < 1.29 is 27.4 Å². The van der Waals surface area contributed by atoms with Gasteiger partial charge < -0.3 is 14.8 Å². The van der Waals surface area contributed by atoms with Crippen LogP contribution in [0.5, 0.6) is 11.5 Å². The van der Waals surface area contributed by atoms with Crippen molar-refractivity contribution in [3.05, 3.63) is 59.2 Å². The fourth-order valence-electron chi connectivity index (χ4n) is 2.47. The van der Waals surface area contributed by atoms with Crippen LogP contribution in [0.1, 0.15) is 23.1 Å². The van der Waals surface area contributed by atoms with Gasteiger partial charge in [-0.25, -0.2) is 0 Å². The Hall–Kier alpha value is -2.70. The second-order valence-corrected chi connectivity index (χ2v) is 5.65. The molecule has 4 nitrogen and oxygen atoms in total. The van der Waals surface area contributed by atoms with Crippen molar-refractivity contribution >= 4 is 5.91 Å². The van der Waals surface area contributed by atoms with Gasteiger partial charge in [0.1, 0.15) is 11.5 Å². The molecule has 0 radical (unpaired) electrons. The number of hydrogen-bond donors (Lipinski definition) is 1. The van der Waals surface area contributed by atoms with Gasteiger partial charge in [-0.15, -0.1) is 0 Å². The van der Waals surface area contributed by atoms with E-state index < -0.39 is 11.7 Å². The fraction of sp³-hybridized carbons (Fsp3) is 0.316. The van der Waals surface area contributed by atoms with Gasteiger partial charge in [0, 0.05) is 13.0 Å². The summed E-state index contributed by atoms with van der Waals surface area (Å²) in [6.07, 6.45) is -3.79. The van der Waals surface area contributed by atoms with Crippen LogP contribution in [-0.4, -0.2) is 20.1 Å². The van der Waals surface area contributed by atoms with Crippen molar-refractivity contribution in [3.8, 4) is 11.5 Å². The van der Waals surface area contributed by atoms with Crippen molar-refractivity contribution in [1.29, 1.82) is 0 Å². The zero-order chi connectivity index (χ0) is 19.2. The molecule has 0 fully saturated rings. The molecular formula is C19H20F3NO3. The number of aryl methyl sites for hydroxylation is 1. The van der Waals surface area contributed by atoms with Crippen LogP contribution in [0.15, 0.2) is 42.5 Å². The highest BCUT2D eigenvalue weighted by molar-refractivity contribution is 5.76. The summed E-state index contributed by atoms with van der Waals surface area (Å²) < 4.78 is 48.5. The maximum atomic E-state index is 12.7. The third-order valence-electron chi connectivity index (χ3n) is 3.85. The smallest absolute Gasteiger partial charge is 0.416 e. The molecule has 7 heteroatoms. The highest BCUT2D eigenvalue weighted by atomic mass is 19.4. The molecule has 0 aliphatic rings. The molecule has 2 aromatic rings. The zero-order valence-electron chi connectivity index (χ0n) is 14.5.